The molecule has 1 aliphatic heterocycles. The van der Waals surface area contributed by atoms with Crippen molar-refractivity contribution in [3.63, 3.8) is 0 Å². The minimum Gasteiger partial charge on any atom is -0.507 e. The van der Waals surface area contributed by atoms with Crippen LogP contribution in [0, 0.1) is 5.82 Å². The van der Waals surface area contributed by atoms with Crippen molar-refractivity contribution in [2.45, 2.75) is 37.8 Å². The van der Waals surface area contributed by atoms with E-state index >= 15 is 0 Å². The fourth-order valence-electron chi connectivity index (χ4n) is 4.52. The molecular weight excluding hydrogens is 401 g/mol. The van der Waals surface area contributed by atoms with E-state index in [2.05, 4.69) is 0 Å². The number of ketones is 1. The number of Topliss-reactive ketones (excluding diaryl/α,β-unsaturated/α-hetero) is 1. The first-order valence-electron chi connectivity index (χ1n) is 10.2. The van der Waals surface area contributed by atoms with Crippen molar-refractivity contribution in [3.8, 4) is 11.5 Å². The lowest BCUT2D eigenvalue weighted by Crippen LogP contribution is -2.37. The van der Waals surface area contributed by atoms with Gasteiger partial charge in [-0.25, -0.2) is 4.39 Å². The minimum atomic E-state index is -0.781. The summed E-state index contributed by atoms with van der Waals surface area (Å²) in [5, 5.41) is 11.1. The lowest BCUT2D eigenvalue weighted by atomic mass is 9.94. The Morgan fingerprint density at radius 1 is 1.00 bits per heavy atom. The number of hydrogen-bond acceptors (Lipinski definition) is 5. The summed E-state index contributed by atoms with van der Waals surface area (Å²) < 4.78 is 24.1. The van der Waals surface area contributed by atoms with Gasteiger partial charge in [-0.15, -0.1) is 0 Å². The van der Waals surface area contributed by atoms with Gasteiger partial charge in [-0.2, -0.15) is 0 Å². The lowest BCUT2D eigenvalue weighted by Gasteiger charge is -2.30. The molecule has 1 aliphatic carbocycles. The van der Waals surface area contributed by atoms with E-state index in [1.54, 1.807) is 35.2 Å². The zero-order valence-corrected chi connectivity index (χ0v) is 17.4. The molecule has 0 aromatic heterocycles. The summed E-state index contributed by atoms with van der Waals surface area (Å²) in [6.45, 7) is 0. The van der Waals surface area contributed by atoms with Gasteiger partial charge in [-0.3, -0.25) is 9.59 Å². The van der Waals surface area contributed by atoms with Crippen LogP contribution < -0.4 is 9.47 Å². The van der Waals surface area contributed by atoms with Gasteiger partial charge in [0.1, 0.15) is 11.6 Å². The molecule has 1 atom stereocenters. The smallest absolute Gasteiger partial charge is 0.295 e. The van der Waals surface area contributed by atoms with Gasteiger partial charge in [-0.1, -0.05) is 25.0 Å². The largest absolute Gasteiger partial charge is 0.507 e. The fraction of sp³-hybridized carbons (Fsp3) is 0.333. The maximum Gasteiger partial charge on any atom is 0.295 e. The molecule has 7 heteroatoms. The van der Waals surface area contributed by atoms with Crippen LogP contribution in [0.1, 0.15) is 42.9 Å². The molecule has 0 radical (unpaired) electrons. The molecule has 1 heterocycles. The average Bonchev–Trinajstić information content (AvgIpc) is 3.40. The van der Waals surface area contributed by atoms with Crippen LogP contribution in [-0.2, 0) is 9.59 Å². The summed E-state index contributed by atoms with van der Waals surface area (Å²) >= 11 is 0. The number of amides is 1. The van der Waals surface area contributed by atoms with E-state index in [0.29, 0.717) is 22.6 Å². The summed E-state index contributed by atoms with van der Waals surface area (Å²) in [5.41, 5.74) is 0.902. The zero-order chi connectivity index (χ0) is 22.1. The van der Waals surface area contributed by atoms with E-state index in [0.717, 1.165) is 25.7 Å². The number of benzene rings is 2. The van der Waals surface area contributed by atoms with E-state index in [1.807, 2.05) is 0 Å². The fourth-order valence-corrected chi connectivity index (χ4v) is 4.52. The number of nitrogens with zero attached hydrogens (tertiary/aromatic N) is 1. The highest BCUT2D eigenvalue weighted by Gasteiger charge is 2.49. The van der Waals surface area contributed by atoms with Crippen LogP contribution in [0.25, 0.3) is 5.76 Å². The summed E-state index contributed by atoms with van der Waals surface area (Å²) in [4.78, 5) is 27.7. The molecule has 6 nitrogen and oxygen atoms in total. The van der Waals surface area contributed by atoms with Gasteiger partial charge >= 0.3 is 0 Å². The number of hydrogen-bond donors (Lipinski definition) is 1. The van der Waals surface area contributed by atoms with E-state index in [4.69, 9.17) is 9.47 Å². The van der Waals surface area contributed by atoms with Crippen molar-refractivity contribution in [2.75, 3.05) is 14.2 Å². The Hall–Kier alpha value is -3.35. The molecule has 1 saturated carbocycles. The number of aliphatic hydroxyl groups is 1. The van der Waals surface area contributed by atoms with Crippen LogP contribution in [0.4, 0.5) is 4.39 Å². The number of carbonyl (C=O) groups is 2. The van der Waals surface area contributed by atoms with Gasteiger partial charge in [0.15, 0.2) is 11.5 Å². The Balaban J connectivity index is 1.88. The predicted molar refractivity (Wildman–Crippen MR) is 112 cm³/mol. The van der Waals surface area contributed by atoms with Gasteiger partial charge in [0.05, 0.1) is 25.8 Å². The SMILES string of the molecule is COc1ccc(/C(O)=C2/C(=O)C(=O)N(C3CCCC3)C2c2ccc(F)cc2)cc1OC. The second-order valence-electron chi connectivity index (χ2n) is 7.77. The molecule has 0 bridgehead atoms. The third-order valence-corrected chi connectivity index (χ3v) is 6.04. The van der Waals surface area contributed by atoms with Crippen LogP contribution >= 0.6 is 0 Å². The van der Waals surface area contributed by atoms with E-state index < -0.39 is 23.5 Å². The number of carbonyl (C=O) groups excluding carboxylic acids is 2. The van der Waals surface area contributed by atoms with Crippen molar-refractivity contribution < 1.29 is 28.6 Å². The Morgan fingerprint density at radius 3 is 2.26 bits per heavy atom. The van der Waals surface area contributed by atoms with Crippen molar-refractivity contribution in [1.82, 2.24) is 4.90 Å². The highest BCUT2D eigenvalue weighted by molar-refractivity contribution is 6.46. The maximum absolute atomic E-state index is 13.6. The molecular formula is C24H24FNO5. The van der Waals surface area contributed by atoms with Crippen LogP contribution in [0.3, 0.4) is 0 Å². The van der Waals surface area contributed by atoms with Crippen molar-refractivity contribution in [3.05, 3.63) is 65.0 Å². The summed E-state index contributed by atoms with van der Waals surface area (Å²) in [6, 6.07) is 9.58. The van der Waals surface area contributed by atoms with Crippen molar-refractivity contribution >= 4 is 17.4 Å². The number of rotatable bonds is 5. The van der Waals surface area contributed by atoms with E-state index in [-0.39, 0.29) is 17.4 Å². The van der Waals surface area contributed by atoms with Crippen LogP contribution in [0.5, 0.6) is 11.5 Å². The number of methoxy groups -OCH3 is 2. The summed E-state index contributed by atoms with van der Waals surface area (Å²) in [7, 11) is 2.97. The zero-order valence-electron chi connectivity index (χ0n) is 17.4. The van der Waals surface area contributed by atoms with Crippen LogP contribution in [0.15, 0.2) is 48.0 Å². The molecule has 2 fully saturated rings. The van der Waals surface area contributed by atoms with Crippen LogP contribution in [0.2, 0.25) is 0 Å². The standard InChI is InChI=1S/C24H24FNO5/c1-30-18-12-9-15(13-19(18)31-2)22(27)20-21(14-7-10-16(25)11-8-14)26(24(29)23(20)28)17-5-3-4-6-17/h7-13,17,21,27H,3-6H2,1-2H3/b22-20-. The van der Waals surface area contributed by atoms with Crippen molar-refractivity contribution in [2.24, 2.45) is 0 Å². The summed E-state index contributed by atoms with van der Waals surface area (Å²) in [5.74, 6) is -1.23. The van der Waals surface area contributed by atoms with Crippen molar-refractivity contribution in [1.29, 1.82) is 0 Å². The predicted octanol–water partition coefficient (Wildman–Crippen LogP) is 4.21. The first-order valence-corrected chi connectivity index (χ1v) is 10.2. The molecule has 1 N–H and O–H groups in total. The number of halogens is 1. The van der Waals surface area contributed by atoms with Crippen LogP contribution in [-0.4, -0.2) is 42.0 Å². The highest BCUT2D eigenvalue weighted by Crippen LogP contribution is 2.44. The Labute approximate surface area is 179 Å². The average molecular weight is 425 g/mol. The monoisotopic (exact) mass is 425 g/mol. The Bertz CT molecular complexity index is 1040. The quantitative estimate of drug-likeness (QED) is 0.441. The van der Waals surface area contributed by atoms with Gasteiger partial charge < -0.3 is 19.5 Å². The third kappa shape index (κ3) is 3.65. The first-order chi connectivity index (χ1) is 15.0. The lowest BCUT2D eigenvalue weighted by molar-refractivity contribution is -0.141. The molecule has 162 valence electrons. The molecule has 2 aromatic carbocycles. The Kier molecular flexibility index (Phi) is 5.67. The van der Waals surface area contributed by atoms with Gasteiger partial charge in [0.25, 0.3) is 11.7 Å². The van der Waals surface area contributed by atoms with E-state index in [9.17, 15) is 19.1 Å². The number of ether oxygens (including phenoxy) is 2. The minimum absolute atomic E-state index is 0.00396. The molecule has 1 unspecified atom stereocenters. The normalized spacial score (nSPS) is 21.0. The Morgan fingerprint density at radius 2 is 1.65 bits per heavy atom. The second kappa shape index (κ2) is 8.41. The number of likely N-dealkylation sites (tertiary alicyclic amines) is 1. The third-order valence-electron chi connectivity index (χ3n) is 6.04. The van der Waals surface area contributed by atoms with Gasteiger partial charge in [0, 0.05) is 11.6 Å². The highest BCUT2D eigenvalue weighted by atomic mass is 19.1. The maximum atomic E-state index is 13.6. The molecule has 0 spiro atoms. The molecule has 2 aromatic rings. The molecule has 31 heavy (non-hydrogen) atoms. The summed E-state index contributed by atoms with van der Waals surface area (Å²) in [6.07, 6.45) is 3.53. The van der Waals surface area contributed by atoms with E-state index in [1.165, 1.54) is 26.4 Å². The van der Waals surface area contributed by atoms with Gasteiger partial charge in [0.2, 0.25) is 0 Å². The topological polar surface area (TPSA) is 76.1 Å². The number of aliphatic hydroxyl groups excluding tert-OH is 1. The first kappa shape index (κ1) is 20.9. The molecule has 2 aliphatic rings. The molecule has 1 amide bonds. The molecule has 1 saturated heterocycles. The van der Waals surface area contributed by atoms with Gasteiger partial charge in [-0.05, 0) is 48.7 Å². The molecule has 4 rings (SSSR count). The second-order valence-corrected chi connectivity index (χ2v) is 7.77.